The molecule has 2 aromatic carbocycles. The molecule has 4 heteroatoms. The van der Waals surface area contributed by atoms with E-state index in [9.17, 15) is 15.3 Å². The fourth-order valence-corrected chi connectivity index (χ4v) is 4.73. The quantitative estimate of drug-likeness (QED) is 0.444. The lowest BCUT2D eigenvalue weighted by atomic mass is 9.83. The number of carbonyl (C=O) groups excluding carboxylic acids is 1. The van der Waals surface area contributed by atoms with Gasteiger partial charge in [-0.25, -0.2) is 0 Å². The molecule has 0 spiro atoms. The van der Waals surface area contributed by atoms with Crippen molar-refractivity contribution in [3.05, 3.63) is 94.2 Å². The number of rotatable bonds is 4. The number of fused-ring (bicyclic) bond motifs is 2. The molecule has 0 unspecified atom stereocenters. The number of anilines is 1. The molecule has 0 fully saturated rings. The van der Waals surface area contributed by atoms with E-state index in [1.165, 1.54) is 11.3 Å². The number of carbonyl (C=O) groups is 1. The lowest BCUT2D eigenvalue weighted by molar-refractivity contribution is 0.104. The van der Waals surface area contributed by atoms with Crippen LogP contribution in [0.1, 0.15) is 55.1 Å². The van der Waals surface area contributed by atoms with Crippen LogP contribution >= 0.6 is 0 Å². The van der Waals surface area contributed by atoms with Gasteiger partial charge in [-0.15, -0.1) is 0 Å². The van der Waals surface area contributed by atoms with Gasteiger partial charge < -0.3 is 4.90 Å². The normalized spacial score (nSPS) is 18.5. The predicted octanol–water partition coefficient (Wildman–Crippen LogP) is 6.09. The molecule has 32 heavy (non-hydrogen) atoms. The van der Waals surface area contributed by atoms with E-state index in [2.05, 4.69) is 49.9 Å². The third-order valence-corrected chi connectivity index (χ3v) is 6.37. The summed E-state index contributed by atoms with van der Waals surface area (Å²) >= 11 is 0. The Hall–Kier alpha value is -3.89. The largest absolute Gasteiger partial charge is 0.344 e. The topological polar surface area (TPSA) is 67.9 Å². The second-order valence-corrected chi connectivity index (χ2v) is 8.63. The molecule has 0 bridgehead atoms. The molecule has 1 aliphatic carbocycles. The van der Waals surface area contributed by atoms with Crippen LogP contribution in [0.2, 0.25) is 0 Å². The Morgan fingerprint density at radius 3 is 2.34 bits per heavy atom. The monoisotopic (exact) mass is 419 g/mol. The molecular weight excluding hydrogens is 394 g/mol. The molecule has 4 rings (SSSR count). The second-order valence-electron chi connectivity index (χ2n) is 8.63. The van der Waals surface area contributed by atoms with E-state index in [0.29, 0.717) is 22.3 Å². The summed E-state index contributed by atoms with van der Waals surface area (Å²) in [4.78, 5) is 15.6. The minimum atomic E-state index is -0.229. The molecule has 0 saturated heterocycles. The van der Waals surface area contributed by atoms with E-state index >= 15 is 0 Å². The van der Waals surface area contributed by atoms with E-state index in [0.717, 1.165) is 25.1 Å². The van der Waals surface area contributed by atoms with Crippen molar-refractivity contribution >= 4 is 17.0 Å². The van der Waals surface area contributed by atoms with Gasteiger partial charge in [0, 0.05) is 40.1 Å². The van der Waals surface area contributed by atoms with Crippen molar-refractivity contribution in [2.75, 3.05) is 11.4 Å². The zero-order valence-electron chi connectivity index (χ0n) is 18.6. The lowest BCUT2D eigenvalue weighted by Crippen LogP contribution is -2.27. The number of benzene rings is 2. The van der Waals surface area contributed by atoms with Crippen molar-refractivity contribution < 1.29 is 4.79 Å². The molecule has 0 radical (unpaired) electrons. The average molecular weight is 420 g/mol. The van der Waals surface area contributed by atoms with Crippen LogP contribution in [0.25, 0.3) is 5.57 Å². The predicted molar refractivity (Wildman–Crippen MR) is 127 cm³/mol. The first-order valence-corrected chi connectivity index (χ1v) is 10.9. The summed E-state index contributed by atoms with van der Waals surface area (Å²) in [5, 5.41) is 19.1. The average Bonchev–Trinajstić information content (AvgIpc) is 3.20. The van der Waals surface area contributed by atoms with Crippen molar-refractivity contribution in [1.82, 2.24) is 0 Å². The third-order valence-electron chi connectivity index (χ3n) is 6.37. The van der Waals surface area contributed by atoms with Gasteiger partial charge in [-0.05, 0) is 35.8 Å². The smallest absolute Gasteiger partial charge is 0.194 e. The second kappa shape index (κ2) is 8.33. The number of nitrogens with zero attached hydrogens (tertiary/aromatic N) is 3. The molecule has 1 aliphatic heterocycles. The Kier molecular flexibility index (Phi) is 5.56. The summed E-state index contributed by atoms with van der Waals surface area (Å²) < 4.78 is 0. The van der Waals surface area contributed by atoms with Gasteiger partial charge in [0.05, 0.1) is 0 Å². The van der Waals surface area contributed by atoms with E-state index in [-0.39, 0.29) is 16.8 Å². The molecule has 4 nitrogen and oxygen atoms in total. The summed E-state index contributed by atoms with van der Waals surface area (Å²) in [6, 6.07) is 19.5. The molecule has 0 N–H and O–H groups in total. The van der Waals surface area contributed by atoms with Crippen LogP contribution in [0.4, 0.5) is 5.69 Å². The first-order chi connectivity index (χ1) is 15.5. The maximum Gasteiger partial charge on any atom is 0.194 e. The van der Waals surface area contributed by atoms with Gasteiger partial charge in [0.2, 0.25) is 0 Å². The van der Waals surface area contributed by atoms with Crippen LogP contribution in [0.5, 0.6) is 0 Å². The zero-order chi connectivity index (χ0) is 22.9. The molecule has 1 heterocycles. The molecule has 0 aromatic heterocycles. The number of para-hydroxylation sites is 1. The maximum atomic E-state index is 13.2. The molecule has 2 aromatic rings. The number of unbranched alkanes of at least 4 members (excludes halogenated alkanes) is 1. The number of hydrogen-bond acceptors (Lipinski definition) is 4. The molecule has 2 aliphatic rings. The number of hydrogen-bond donors (Lipinski definition) is 0. The fourth-order valence-electron chi connectivity index (χ4n) is 4.73. The Morgan fingerprint density at radius 2 is 1.66 bits per heavy atom. The van der Waals surface area contributed by atoms with Crippen LogP contribution in [0.3, 0.4) is 0 Å². The summed E-state index contributed by atoms with van der Waals surface area (Å²) in [6.45, 7) is 7.46. The summed E-state index contributed by atoms with van der Waals surface area (Å²) in [5.74, 6) is -0.149. The third kappa shape index (κ3) is 3.26. The van der Waals surface area contributed by atoms with Gasteiger partial charge in [0.25, 0.3) is 0 Å². The van der Waals surface area contributed by atoms with Crippen LogP contribution in [0.15, 0.2) is 77.5 Å². The van der Waals surface area contributed by atoms with Crippen molar-refractivity contribution in [2.24, 2.45) is 0 Å². The van der Waals surface area contributed by atoms with Crippen molar-refractivity contribution in [1.29, 1.82) is 10.5 Å². The highest BCUT2D eigenvalue weighted by Crippen LogP contribution is 2.48. The maximum absolute atomic E-state index is 13.2. The Labute approximate surface area is 189 Å². The van der Waals surface area contributed by atoms with Gasteiger partial charge in [0.15, 0.2) is 5.78 Å². The van der Waals surface area contributed by atoms with Crippen molar-refractivity contribution in [3.63, 3.8) is 0 Å². The van der Waals surface area contributed by atoms with E-state index < -0.39 is 0 Å². The number of allylic oxidation sites excluding steroid dienone is 6. The molecule has 0 saturated carbocycles. The van der Waals surface area contributed by atoms with Gasteiger partial charge >= 0.3 is 0 Å². The van der Waals surface area contributed by atoms with Crippen LogP contribution in [-0.2, 0) is 5.41 Å². The van der Waals surface area contributed by atoms with Gasteiger partial charge in [-0.3, -0.25) is 4.79 Å². The van der Waals surface area contributed by atoms with Gasteiger partial charge in [-0.2, -0.15) is 10.5 Å². The number of Topliss-reactive ketones (excluding diaryl/α,β-unsaturated/α-hetero) is 1. The number of ketones is 1. The minimum Gasteiger partial charge on any atom is -0.344 e. The van der Waals surface area contributed by atoms with E-state index in [1.54, 1.807) is 24.3 Å². The summed E-state index contributed by atoms with van der Waals surface area (Å²) in [5.41, 5.74) is 5.31. The Morgan fingerprint density at radius 1 is 1.00 bits per heavy atom. The SMILES string of the molecule is CCCCN1/C(=C/C=C2\C(=O)c3ccccc3C2=C(C#N)C#N)C(C)(C)c2ccccc21. The lowest BCUT2D eigenvalue weighted by Gasteiger charge is -2.27. The molecular formula is C28H25N3O. The van der Waals surface area contributed by atoms with E-state index in [4.69, 9.17) is 0 Å². The fraction of sp³-hybridized carbons (Fsp3) is 0.250. The summed E-state index contributed by atoms with van der Waals surface area (Å²) in [6.07, 6.45) is 5.94. The first-order valence-electron chi connectivity index (χ1n) is 10.9. The Bertz CT molecular complexity index is 1260. The minimum absolute atomic E-state index is 0.0373. The highest BCUT2D eigenvalue weighted by molar-refractivity contribution is 6.27. The highest BCUT2D eigenvalue weighted by atomic mass is 16.1. The van der Waals surface area contributed by atoms with Gasteiger partial charge in [0.1, 0.15) is 17.7 Å². The van der Waals surface area contributed by atoms with Crippen molar-refractivity contribution in [3.8, 4) is 12.1 Å². The van der Waals surface area contributed by atoms with Gasteiger partial charge in [-0.1, -0.05) is 69.7 Å². The first kappa shape index (κ1) is 21.3. The van der Waals surface area contributed by atoms with Crippen LogP contribution in [0, 0.1) is 22.7 Å². The van der Waals surface area contributed by atoms with Crippen LogP contribution in [-0.4, -0.2) is 12.3 Å². The summed E-state index contributed by atoms with van der Waals surface area (Å²) in [7, 11) is 0. The zero-order valence-corrected chi connectivity index (χ0v) is 18.6. The molecule has 0 atom stereocenters. The van der Waals surface area contributed by atoms with Crippen LogP contribution < -0.4 is 4.90 Å². The number of nitriles is 2. The highest BCUT2D eigenvalue weighted by Gasteiger charge is 2.39. The van der Waals surface area contributed by atoms with Crippen molar-refractivity contribution in [2.45, 2.75) is 39.0 Å². The van der Waals surface area contributed by atoms with E-state index in [1.807, 2.05) is 24.3 Å². The molecule has 0 amide bonds. The standard InChI is InChI=1S/C28H25N3O/c1-4-5-16-31-24-13-9-8-12-23(24)28(2,3)25(31)15-14-22-26(19(17-29)18-30)20-10-6-7-11-21(20)27(22)32/h6-15H,4-5,16H2,1-3H3/b22-14-,25-15+. The Balaban J connectivity index is 1.89. The molecule has 158 valence electrons.